The van der Waals surface area contributed by atoms with Crippen LogP contribution < -0.4 is 10.6 Å². The molecule has 0 amide bonds. The Hall–Kier alpha value is -0.470. The molecule has 0 aromatic carbocycles. The maximum atomic E-state index is 5.52. The largest absolute Gasteiger partial charge is 0.379 e. The molecule has 160 valence electrons. The van der Waals surface area contributed by atoms with E-state index in [2.05, 4.69) is 25.3 Å². The topological polar surface area (TPSA) is 43.0 Å². The van der Waals surface area contributed by atoms with Gasteiger partial charge in [-0.2, -0.15) is 0 Å². The van der Waals surface area contributed by atoms with Crippen LogP contribution in [0.15, 0.2) is 0 Å². The van der Waals surface area contributed by atoms with Crippen molar-refractivity contribution in [3.05, 3.63) is 0 Å². The minimum absolute atomic E-state index is 0.662. The van der Waals surface area contributed by atoms with E-state index in [4.69, 9.17) is 17.0 Å². The monoisotopic (exact) mass is 409 g/mol. The van der Waals surface area contributed by atoms with Crippen molar-refractivity contribution in [1.82, 2.24) is 25.3 Å². The van der Waals surface area contributed by atoms with E-state index >= 15 is 0 Å². The van der Waals surface area contributed by atoms with Crippen LogP contribution in [0.5, 0.6) is 0 Å². The smallest absolute Gasteiger partial charge is 0.166 e. The van der Waals surface area contributed by atoms with E-state index in [0.717, 1.165) is 62.9 Å². The number of nitrogens with one attached hydrogen (secondary N) is 2. The second-order valence-corrected chi connectivity index (χ2v) is 9.55. The highest BCUT2D eigenvalue weighted by Gasteiger charge is 2.40. The SMILES string of the molecule is S=C(NCCN1CCOCC1)NCC1CC2CCN1CC2CN1CCCCC1. The molecule has 0 spiro atoms. The zero-order valence-electron chi connectivity index (χ0n) is 17.4. The molecule has 6 nitrogen and oxygen atoms in total. The Bertz CT molecular complexity index is 495. The predicted molar refractivity (Wildman–Crippen MR) is 118 cm³/mol. The van der Waals surface area contributed by atoms with E-state index in [9.17, 15) is 0 Å². The maximum absolute atomic E-state index is 5.52. The summed E-state index contributed by atoms with van der Waals surface area (Å²) in [5.74, 6) is 1.81. The van der Waals surface area contributed by atoms with Crippen LogP contribution in [0.25, 0.3) is 0 Å². The fraction of sp³-hybridized carbons (Fsp3) is 0.952. The van der Waals surface area contributed by atoms with Crippen molar-refractivity contribution in [2.75, 3.05) is 78.7 Å². The first-order chi connectivity index (χ1) is 13.8. The molecule has 0 aliphatic carbocycles. The molecule has 5 aliphatic heterocycles. The predicted octanol–water partition coefficient (Wildman–Crippen LogP) is 0.979. The molecule has 7 heteroatoms. The van der Waals surface area contributed by atoms with Crippen molar-refractivity contribution in [1.29, 1.82) is 0 Å². The maximum Gasteiger partial charge on any atom is 0.166 e. The van der Waals surface area contributed by atoms with Crippen LogP contribution in [-0.2, 0) is 4.74 Å². The highest BCUT2D eigenvalue weighted by molar-refractivity contribution is 7.80. The van der Waals surface area contributed by atoms with Crippen molar-refractivity contribution in [2.45, 2.75) is 38.1 Å². The van der Waals surface area contributed by atoms with Crippen LogP contribution in [0.2, 0.25) is 0 Å². The number of likely N-dealkylation sites (tertiary alicyclic amines) is 1. The van der Waals surface area contributed by atoms with Gasteiger partial charge in [-0.05, 0) is 69.4 Å². The molecule has 5 fully saturated rings. The molecule has 4 atom stereocenters. The molecule has 5 saturated heterocycles. The highest BCUT2D eigenvalue weighted by atomic mass is 32.1. The van der Waals surface area contributed by atoms with E-state index in [0.29, 0.717) is 6.04 Å². The molecule has 5 rings (SSSR count). The minimum atomic E-state index is 0.662. The Kier molecular flexibility index (Phi) is 7.82. The standard InChI is InChI=1S/C21H39N5OS/c28-21(22-5-9-24-10-12-27-13-11-24)23-15-20-14-18-4-8-26(20)17-19(18)16-25-6-2-1-3-7-25/h18-20H,1-17H2,(H2,22,23,28). The number of hydrogen-bond acceptors (Lipinski definition) is 5. The van der Waals surface area contributed by atoms with Gasteiger partial charge in [-0.25, -0.2) is 0 Å². The first-order valence-corrected chi connectivity index (χ1v) is 12.0. The Morgan fingerprint density at radius 2 is 1.79 bits per heavy atom. The lowest BCUT2D eigenvalue weighted by Gasteiger charge is -2.51. The van der Waals surface area contributed by atoms with Gasteiger partial charge in [0.25, 0.3) is 0 Å². The van der Waals surface area contributed by atoms with Gasteiger partial charge in [-0.15, -0.1) is 0 Å². The summed E-state index contributed by atoms with van der Waals surface area (Å²) >= 11 is 5.52. The van der Waals surface area contributed by atoms with Crippen LogP contribution in [0.3, 0.4) is 0 Å². The molecular weight excluding hydrogens is 370 g/mol. The molecule has 2 N–H and O–H groups in total. The lowest BCUT2D eigenvalue weighted by Crippen LogP contribution is -2.59. The number of rotatable bonds is 7. The molecule has 0 aromatic rings. The van der Waals surface area contributed by atoms with Gasteiger partial charge in [-0.1, -0.05) is 6.42 Å². The van der Waals surface area contributed by atoms with Crippen molar-refractivity contribution in [3.8, 4) is 0 Å². The molecule has 5 heterocycles. The Balaban J connectivity index is 1.13. The normalized spacial score (nSPS) is 34.3. The van der Waals surface area contributed by atoms with Gasteiger partial charge < -0.3 is 20.3 Å². The number of thiocarbonyl (C=S) groups is 1. The molecule has 5 aliphatic rings. The first-order valence-electron chi connectivity index (χ1n) is 11.6. The van der Waals surface area contributed by atoms with Crippen LogP contribution >= 0.6 is 12.2 Å². The zero-order valence-corrected chi connectivity index (χ0v) is 18.2. The third kappa shape index (κ3) is 5.79. The van der Waals surface area contributed by atoms with E-state index in [1.165, 1.54) is 64.8 Å². The van der Waals surface area contributed by atoms with Gasteiger partial charge in [-0.3, -0.25) is 9.80 Å². The summed E-state index contributed by atoms with van der Waals surface area (Å²) in [4.78, 5) is 7.90. The average Bonchev–Trinajstić information content (AvgIpc) is 2.74. The van der Waals surface area contributed by atoms with E-state index in [-0.39, 0.29) is 0 Å². The summed E-state index contributed by atoms with van der Waals surface area (Å²) in [6.45, 7) is 13.3. The Morgan fingerprint density at radius 3 is 2.54 bits per heavy atom. The second kappa shape index (κ2) is 10.5. The number of ether oxygens (including phenoxy) is 1. The van der Waals surface area contributed by atoms with Crippen LogP contribution in [0, 0.1) is 11.8 Å². The molecule has 28 heavy (non-hydrogen) atoms. The molecule has 0 radical (unpaired) electrons. The quantitative estimate of drug-likeness (QED) is 0.608. The van der Waals surface area contributed by atoms with Crippen LogP contribution in [-0.4, -0.2) is 105 Å². The fourth-order valence-corrected chi connectivity index (χ4v) is 5.75. The van der Waals surface area contributed by atoms with Crippen molar-refractivity contribution in [2.24, 2.45) is 11.8 Å². The van der Waals surface area contributed by atoms with Crippen molar-refractivity contribution >= 4 is 17.3 Å². The number of piperidine rings is 4. The average molecular weight is 410 g/mol. The second-order valence-electron chi connectivity index (χ2n) is 9.15. The zero-order chi connectivity index (χ0) is 19.2. The Labute approximate surface area is 176 Å². The summed E-state index contributed by atoms with van der Waals surface area (Å²) in [6, 6.07) is 0.662. The summed E-state index contributed by atoms with van der Waals surface area (Å²) < 4.78 is 5.40. The fourth-order valence-electron chi connectivity index (χ4n) is 5.57. The number of morpholine rings is 1. The molecule has 0 saturated carbocycles. The summed E-state index contributed by atoms with van der Waals surface area (Å²) in [7, 11) is 0. The molecule has 2 bridgehead atoms. The van der Waals surface area contributed by atoms with Gasteiger partial charge in [0.05, 0.1) is 13.2 Å². The minimum Gasteiger partial charge on any atom is -0.379 e. The van der Waals surface area contributed by atoms with Gasteiger partial charge in [0, 0.05) is 51.9 Å². The van der Waals surface area contributed by atoms with Crippen LogP contribution in [0.1, 0.15) is 32.1 Å². The molecular formula is C21H39N5OS. The lowest BCUT2D eigenvalue weighted by molar-refractivity contribution is -0.0124. The number of hydrogen-bond donors (Lipinski definition) is 2. The summed E-state index contributed by atoms with van der Waals surface area (Å²) in [6.07, 6.45) is 7.00. The number of fused-ring (bicyclic) bond motifs is 3. The Morgan fingerprint density at radius 1 is 0.964 bits per heavy atom. The van der Waals surface area contributed by atoms with Crippen molar-refractivity contribution < 1.29 is 4.74 Å². The third-order valence-corrected chi connectivity index (χ3v) is 7.56. The third-order valence-electron chi connectivity index (χ3n) is 7.27. The van der Waals surface area contributed by atoms with Gasteiger partial charge in [0.15, 0.2) is 5.11 Å². The summed E-state index contributed by atoms with van der Waals surface area (Å²) in [5, 5.41) is 7.71. The molecule has 4 unspecified atom stereocenters. The summed E-state index contributed by atoms with van der Waals surface area (Å²) in [5.41, 5.74) is 0. The number of nitrogens with zero attached hydrogens (tertiary/aromatic N) is 3. The molecule has 0 aromatic heterocycles. The van der Waals surface area contributed by atoms with Gasteiger partial charge in [0.1, 0.15) is 0 Å². The van der Waals surface area contributed by atoms with Gasteiger partial charge in [0.2, 0.25) is 0 Å². The van der Waals surface area contributed by atoms with Crippen LogP contribution in [0.4, 0.5) is 0 Å². The van der Waals surface area contributed by atoms with Gasteiger partial charge >= 0.3 is 0 Å². The van der Waals surface area contributed by atoms with E-state index in [1.807, 2.05) is 0 Å². The lowest BCUT2D eigenvalue weighted by atomic mass is 9.75. The first kappa shape index (κ1) is 20.8. The van der Waals surface area contributed by atoms with Crippen molar-refractivity contribution in [3.63, 3.8) is 0 Å². The van der Waals surface area contributed by atoms with E-state index < -0.39 is 0 Å². The highest BCUT2D eigenvalue weighted by Crippen LogP contribution is 2.36. The van der Waals surface area contributed by atoms with E-state index in [1.54, 1.807) is 0 Å².